The van der Waals surface area contributed by atoms with Crippen molar-refractivity contribution in [1.29, 1.82) is 5.26 Å². The van der Waals surface area contributed by atoms with E-state index in [-0.39, 0.29) is 12.0 Å². The van der Waals surface area contributed by atoms with E-state index in [0.29, 0.717) is 54.0 Å². The summed E-state index contributed by atoms with van der Waals surface area (Å²) in [4.78, 5) is 26.3. The fourth-order valence-electron chi connectivity index (χ4n) is 5.24. The van der Waals surface area contributed by atoms with E-state index < -0.39 is 0 Å². The third kappa shape index (κ3) is 6.41. The molecular weight excluding hydrogens is 506 g/mol. The van der Waals surface area contributed by atoms with Crippen molar-refractivity contribution in [3.8, 4) is 28.8 Å². The smallest absolute Gasteiger partial charge is 0.257 e. The van der Waals surface area contributed by atoms with Crippen LogP contribution in [-0.2, 0) is 11.2 Å². The van der Waals surface area contributed by atoms with Crippen LogP contribution in [0, 0.1) is 17.2 Å². The Balaban J connectivity index is 1.28. The summed E-state index contributed by atoms with van der Waals surface area (Å²) in [7, 11) is 5.68. The Hall–Kier alpha value is -4.00. The van der Waals surface area contributed by atoms with Crippen LogP contribution in [0.1, 0.15) is 40.2 Å². The fourth-order valence-corrected chi connectivity index (χ4v) is 5.24. The van der Waals surface area contributed by atoms with E-state index in [2.05, 4.69) is 30.0 Å². The molecule has 1 amide bonds. The molecule has 0 atom stereocenters. The number of carbonyl (C=O) groups is 1. The maximum absolute atomic E-state index is 13.1. The minimum Gasteiger partial charge on any atom is -0.496 e. The number of hydrogen-bond donors (Lipinski definition) is 0. The Morgan fingerprint density at radius 1 is 1.12 bits per heavy atom. The summed E-state index contributed by atoms with van der Waals surface area (Å²) in [5, 5.41) is 9.75. The first-order valence-corrected chi connectivity index (χ1v) is 13.6. The molecule has 1 aromatic heterocycles. The van der Waals surface area contributed by atoms with Gasteiger partial charge in [0.25, 0.3) is 5.91 Å². The molecule has 3 aromatic rings. The summed E-state index contributed by atoms with van der Waals surface area (Å²) in [5.74, 6) is 2.27. The molecule has 0 spiro atoms. The van der Waals surface area contributed by atoms with Gasteiger partial charge in [-0.1, -0.05) is 6.07 Å². The van der Waals surface area contributed by atoms with Gasteiger partial charge in [0.1, 0.15) is 29.5 Å². The van der Waals surface area contributed by atoms with Crippen LogP contribution in [0.3, 0.4) is 0 Å². The normalized spacial score (nSPS) is 15.9. The molecule has 0 N–H and O–H groups in total. The number of ether oxygens (including phenoxy) is 3. The largest absolute Gasteiger partial charge is 0.496 e. The number of nitriles is 1. The average Bonchev–Trinajstić information content (AvgIpc) is 2.95. The summed E-state index contributed by atoms with van der Waals surface area (Å²) in [6, 6.07) is 15.3. The number of hydrogen-bond acceptors (Lipinski definition) is 8. The molecule has 0 unspecified atom stereocenters. The molecule has 3 heterocycles. The third-order valence-corrected chi connectivity index (χ3v) is 7.29. The first kappa shape index (κ1) is 27.6. The molecular formula is C31H35N5O4. The second-order valence-corrected chi connectivity index (χ2v) is 10.7. The highest BCUT2D eigenvalue weighted by Crippen LogP contribution is 2.29. The van der Waals surface area contributed by atoms with Crippen molar-refractivity contribution < 1.29 is 19.0 Å². The number of amides is 1. The number of carbonyl (C=O) groups excluding carboxylic acids is 1. The Morgan fingerprint density at radius 2 is 1.93 bits per heavy atom. The van der Waals surface area contributed by atoms with Gasteiger partial charge in [0.15, 0.2) is 0 Å². The Labute approximate surface area is 235 Å². The minimum absolute atomic E-state index is 0.00537. The van der Waals surface area contributed by atoms with E-state index in [0.717, 1.165) is 49.3 Å². The number of benzene rings is 2. The van der Waals surface area contributed by atoms with Gasteiger partial charge in [-0.25, -0.2) is 9.97 Å². The van der Waals surface area contributed by atoms with Crippen LogP contribution in [0.2, 0.25) is 0 Å². The Kier molecular flexibility index (Phi) is 8.58. The number of likely N-dealkylation sites (tertiary alicyclic amines) is 1. The zero-order valence-corrected chi connectivity index (χ0v) is 23.3. The van der Waals surface area contributed by atoms with E-state index in [9.17, 15) is 10.1 Å². The van der Waals surface area contributed by atoms with Crippen LogP contribution < -0.4 is 9.47 Å². The summed E-state index contributed by atoms with van der Waals surface area (Å²) < 4.78 is 17.1. The van der Waals surface area contributed by atoms with Crippen LogP contribution in [0.4, 0.5) is 0 Å². The molecule has 2 fully saturated rings. The molecule has 0 bridgehead atoms. The molecule has 2 aromatic carbocycles. The van der Waals surface area contributed by atoms with Crippen LogP contribution in [0.15, 0.2) is 48.7 Å². The molecule has 9 heteroatoms. The van der Waals surface area contributed by atoms with Gasteiger partial charge >= 0.3 is 0 Å². The van der Waals surface area contributed by atoms with Gasteiger partial charge < -0.3 is 24.0 Å². The molecule has 5 rings (SSSR count). The van der Waals surface area contributed by atoms with Gasteiger partial charge in [0, 0.05) is 56.6 Å². The lowest BCUT2D eigenvalue weighted by atomic mass is 9.97. The molecule has 0 aliphatic carbocycles. The zero-order chi connectivity index (χ0) is 28.1. The fraction of sp³-hybridized carbons (Fsp3) is 0.419. The van der Waals surface area contributed by atoms with E-state index in [1.165, 1.54) is 0 Å². The van der Waals surface area contributed by atoms with Crippen molar-refractivity contribution in [2.45, 2.75) is 25.4 Å². The van der Waals surface area contributed by atoms with Gasteiger partial charge in [-0.3, -0.25) is 4.79 Å². The minimum atomic E-state index is -0.00537. The van der Waals surface area contributed by atoms with Crippen LogP contribution >= 0.6 is 0 Å². The quantitative estimate of drug-likeness (QED) is 0.403. The van der Waals surface area contributed by atoms with Gasteiger partial charge in [-0.15, -0.1) is 0 Å². The number of aromatic nitrogens is 2. The van der Waals surface area contributed by atoms with Gasteiger partial charge in [0.05, 0.1) is 37.1 Å². The van der Waals surface area contributed by atoms with Crippen molar-refractivity contribution in [3.63, 3.8) is 0 Å². The first-order valence-electron chi connectivity index (χ1n) is 13.6. The summed E-state index contributed by atoms with van der Waals surface area (Å²) in [6.07, 6.45) is 3.89. The monoisotopic (exact) mass is 541 g/mol. The lowest BCUT2D eigenvalue weighted by Crippen LogP contribution is -2.53. The van der Waals surface area contributed by atoms with Crippen molar-refractivity contribution in [1.82, 2.24) is 19.8 Å². The molecule has 40 heavy (non-hydrogen) atoms. The van der Waals surface area contributed by atoms with Crippen LogP contribution in [-0.4, -0.2) is 85.8 Å². The Morgan fingerprint density at radius 3 is 2.65 bits per heavy atom. The van der Waals surface area contributed by atoms with Crippen molar-refractivity contribution in [2.24, 2.45) is 5.92 Å². The molecule has 0 saturated carbocycles. The molecule has 0 radical (unpaired) electrons. The molecule has 2 aliphatic heterocycles. The summed E-state index contributed by atoms with van der Waals surface area (Å²) in [5.41, 5.74) is 3.53. The van der Waals surface area contributed by atoms with E-state index >= 15 is 0 Å². The van der Waals surface area contributed by atoms with E-state index in [4.69, 9.17) is 19.2 Å². The maximum atomic E-state index is 13.1. The third-order valence-electron chi connectivity index (χ3n) is 7.29. The number of rotatable bonds is 9. The van der Waals surface area contributed by atoms with Gasteiger partial charge in [-0.05, 0) is 56.1 Å². The number of methoxy groups -OCH3 is 1. The first-order chi connectivity index (χ1) is 19.4. The van der Waals surface area contributed by atoms with Crippen LogP contribution in [0.25, 0.3) is 11.3 Å². The standard InChI is InChI=1S/C31H35N5O4/c1-35(2)18-22-19-36(20-22)31(37)26-6-4-21(14-29(26)38-3)15-30-33-11-8-27(34-30)23-5-7-28(24(16-23)17-32)40-25-9-12-39-13-10-25/h4-8,11,14,16,22,25H,9-10,12-13,15,18-20H2,1-3H3. The molecule has 9 nitrogen and oxygen atoms in total. The predicted molar refractivity (Wildman–Crippen MR) is 150 cm³/mol. The second kappa shape index (κ2) is 12.5. The second-order valence-electron chi connectivity index (χ2n) is 10.7. The predicted octanol–water partition coefficient (Wildman–Crippen LogP) is 3.81. The highest BCUT2D eigenvalue weighted by Gasteiger charge is 2.32. The SMILES string of the molecule is COc1cc(Cc2nccc(-c3ccc(OC4CCOCC4)c(C#N)c3)n2)ccc1C(=O)N1CC(CN(C)C)C1. The summed E-state index contributed by atoms with van der Waals surface area (Å²) in [6.45, 7) is 3.85. The topological polar surface area (TPSA) is 101 Å². The zero-order valence-electron chi connectivity index (χ0n) is 23.3. The molecule has 2 saturated heterocycles. The maximum Gasteiger partial charge on any atom is 0.257 e. The van der Waals surface area contributed by atoms with Crippen molar-refractivity contribution in [2.75, 3.05) is 54.1 Å². The Bertz CT molecular complexity index is 1390. The lowest BCUT2D eigenvalue weighted by Gasteiger charge is -2.40. The van der Waals surface area contributed by atoms with Gasteiger partial charge in [0.2, 0.25) is 0 Å². The average molecular weight is 542 g/mol. The molecule has 208 valence electrons. The van der Waals surface area contributed by atoms with Crippen molar-refractivity contribution >= 4 is 5.91 Å². The van der Waals surface area contributed by atoms with Crippen LogP contribution in [0.5, 0.6) is 11.5 Å². The highest BCUT2D eigenvalue weighted by atomic mass is 16.5. The lowest BCUT2D eigenvalue weighted by molar-refractivity contribution is 0.0254. The number of nitrogens with zero attached hydrogens (tertiary/aromatic N) is 5. The van der Waals surface area contributed by atoms with Crippen molar-refractivity contribution in [3.05, 3.63) is 71.2 Å². The van der Waals surface area contributed by atoms with Gasteiger partial charge in [-0.2, -0.15) is 5.26 Å². The highest BCUT2D eigenvalue weighted by molar-refractivity contribution is 5.97. The van der Waals surface area contributed by atoms with E-state index in [1.807, 2.05) is 47.4 Å². The summed E-state index contributed by atoms with van der Waals surface area (Å²) >= 11 is 0. The molecule has 2 aliphatic rings. The van der Waals surface area contributed by atoms with E-state index in [1.54, 1.807) is 13.3 Å².